The van der Waals surface area contributed by atoms with Gasteiger partial charge in [-0.05, 0) is 94.9 Å². The van der Waals surface area contributed by atoms with Crippen LogP contribution in [0.5, 0.6) is 0 Å². The Hall–Kier alpha value is -2.44. The summed E-state index contributed by atoms with van der Waals surface area (Å²) in [5.74, 6) is -1.82. The van der Waals surface area contributed by atoms with Gasteiger partial charge in [-0.2, -0.15) is 0 Å². The molecule has 0 radical (unpaired) electrons. The summed E-state index contributed by atoms with van der Waals surface area (Å²) >= 11 is 2.23. The molecule has 210 valence electrons. The highest BCUT2D eigenvalue weighted by Crippen LogP contribution is 2.14. The zero-order chi connectivity index (χ0) is 28.2. The van der Waals surface area contributed by atoms with Crippen LogP contribution in [-0.4, -0.2) is 47.5 Å². The molecule has 9 heteroatoms. The van der Waals surface area contributed by atoms with Crippen molar-refractivity contribution in [3.8, 4) is 0 Å². The Bertz CT molecular complexity index is 1190. The fourth-order valence-corrected chi connectivity index (χ4v) is 4.97. The van der Waals surface area contributed by atoms with Gasteiger partial charge in [0.05, 0.1) is 12.1 Å². The monoisotopic (exact) mass is 651 g/mol. The molecule has 6 nitrogen and oxygen atoms in total. The Balaban J connectivity index is 1.70. The molecule has 3 rings (SSSR count). The van der Waals surface area contributed by atoms with Gasteiger partial charge in [0.1, 0.15) is 11.6 Å². The number of aliphatic hydroxyl groups is 2. The van der Waals surface area contributed by atoms with E-state index < -0.39 is 29.7 Å². The van der Waals surface area contributed by atoms with Crippen LogP contribution in [0.3, 0.4) is 0 Å². The topological polar surface area (TPSA) is 93.6 Å². The summed E-state index contributed by atoms with van der Waals surface area (Å²) in [5, 5.41) is 29.7. The summed E-state index contributed by atoms with van der Waals surface area (Å²) in [6, 6.07) is 17.7. The second-order valence-electron chi connectivity index (χ2n) is 9.59. The van der Waals surface area contributed by atoms with Crippen LogP contribution in [0.4, 0.5) is 8.78 Å². The predicted molar refractivity (Wildman–Crippen MR) is 157 cm³/mol. The van der Waals surface area contributed by atoms with E-state index in [0.717, 1.165) is 27.2 Å². The van der Waals surface area contributed by atoms with Gasteiger partial charge in [0.25, 0.3) is 5.91 Å². The van der Waals surface area contributed by atoms with Gasteiger partial charge in [0, 0.05) is 47.5 Å². The quantitative estimate of drug-likeness (QED) is 0.158. The number of rotatable bonds is 15. The molecule has 1 amide bonds. The summed E-state index contributed by atoms with van der Waals surface area (Å²) in [4.78, 5) is 13.2. The third-order valence-electron chi connectivity index (χ3n) is 6.48. The number of benzene rings is 3. The first-order valence-electron chi connectivity index (χ1n) is 13.1. The lowest BCUT2D eigenvalue weighted by atomic mass is 9.99. The predicted octanol–water partition coefficient (Wildman–Crippen LogP) is 4.31. The Morgan fingerprint density at radius 3 is 2.31 bits per heavy atom. The van der Waals surface area contributed by atoms with Crippen molar-refractivity contribution in [3.63, 3.8) is 0 Å². The molecule has 0 aliphatic carbocycles. The SMILES string of the molecule is CCC(CCO)NCc1cccc(C(=O)N[C@@H](Cc2cc(F)cc(F)c2)[C@H](O)CNCc2cccc(I)c2)c1. The fraction of sp³-hybridized carbons (Fsp3) is 0.367. The highest BCUT2D eigenvalue weighted by molar-refractivity contribution is 14.1. The first-order chi connectivity index (χ1) is 18.8. The second-order valence-corrected chi connectivity index (χ2v) is 10.8. The number of hydrogen-bond donors (Lipinski definition) is 5. The summed E-state index contributed by atoms with van der Waals surface area (Å²) in [5.41, 5.74) is 2.71. The first-order valence-corrected chi connectivity index (χ1v) is 14.2. The van der Waals surface area contributed by atoms with Gasteiger partial charge < -0.3 is 26.2 Å². The zero-order valence-electron chi connectivity index (χ0n) is 22.0. The molecule has 0 saturated carbocycles. The fourth-order valence-electron chi connectivity index (χ4n) is 4.36. The molecule has 0 aliphatic heterocycles. The molecule has 3 aromatic carbocycles. The minimum atomic E-state index is -1.02. The third-order valence-corrected chi connectivity index (χ3v) is 7.16. The maximum Gasteiger partial charge on any atom is 0.251 e. The molecule has 0 aromatic heterocycles. The average Bonchev–Trinajstić information content (AvgIpc) is 2.90. The smallest absolute Gasteiger partial charge is 0.251 e. The number of nitrogens with one attached hydrogen (secondary N) is 3. The van der Waals surface area contributed by atoms with Crippen molar-refractivity contribution in [3.05, 3.63) is 104 Å². The van der Waals surface area contributed by atoms with Crippen molar-refractivity contribution in [2.24, 2.45) is 0 Å². The van der Waals surface area contributed by atoms with Crippen LogP contribution in [-0.2, 0) is 19.5 Å². The van der Waals surface area contributed by atoms with E-state index in [1.54, 1.807) is 18.2 Å². The molecule has 0 spiro atoms. The summed E-state index contributed by atoms with van der Waals surface area (Å²) in [6.45, 7) is 3.38. The largest absolute Gasteiger partial charge is 0.396 e. The number of halogens is 3. The van der Waals surface area contributed by atoms with Gasteiger partial charge in [-0.15, -0.1) is 0 Å². The molecule has 3 aromatic rings. The van der Waals surface area contributed by atoms with Crippen LogP contribution >= 0.6 is 22.6 Å². The maximum atomic E-state index is 13.9. The summed E-state index contributed by atoms with van der Waals surface area (Å²) in [6.07, 6.45) is 0.553. The van der Waals surface area contributed by atoms with Gasteiger partial charge >= 0.3 is 0 Å². The van der Waals surface area contributed by atoms with E-state index in [0.29, 0.717) is 30.6 Å². The highest BCUT2D eigenvalue weighted by atomic mass is 127. The Morgan fingerprint density at radius 1 is 0.949 bits per heavy atom. The van der Waals surface area contributed by atoms with Crippen LogP contribution < -0.4 is 16.0 Å². The van der Waals surface area contributed by atoms with E-state index in [1.807, 2.05) is 37.3 Å². The van der Waals surface area contributed by atoms with E-state index in [9.17, 15) is 23.8 Å². The summed E-state index contributed by atoms with van der Waals surface area (Å²) in [7, 11) is 0. The molecule has 0 saturated heterocycles. The Kier molecular flexibility index (Phi) is 12.7. The standard InChI is InChI=1S/C30H36F2IN3O3/c1-2-27(9-10-37)35-18-20-5-3-7-23(11-20)30(39)36-28(15-22-12-24(31)16-25(32)13-22)29(38)19-34-17-21-6-4-8-26(33)14-21/h3-8,11-14,16,27-29,34-35,37-38H,2,9-10,15,17-19H2,1H3,(H,36,39)/t27?,28-,29+/m0/s1. The van der Waals surface area contributed by atoms with Crippen LogP contribution in [0.15, 0.2) is 66.7 Å². The number of carbonyl (C=O) groups is 1. The van der Waals surface area contributed by atoms with E-state index in [-0.39, 0.29) is 25.6 Å². The normalized spacial score (nSPS) is 13.6. The number of amides is 1. The molecule has 3 atom stereocenters. The molecule has 5 N–H and O–H groups in total. The Morgan fingerprint density at radius 2 is 1.64 bits per heavy atom. The van der Waals surface area contributed by atoms with E-state index in [2.05, 4.69) is 38.5 Å². The van der Waals surface area contributed by atoms with Gasteiger partial charge in [-0.1, -0.05) is 31.2 Å². The van der Waals surface area contributed by atoms with Crippen molar-refractivity contribution >= 4 is 28.5 Å². The van der Waals surface area contributed by atoms with E-state index in [1.165, 1.54) is 12.1 Å². The number of hydrogen-bond acceptors (Lipinski definition) is 5. The third kappa shape index (κ3) is 10.6. The van der Waals surface area contributed by atoms with Crippen LogP contribution in [0.1, 0.15) is 46.8 Å². The van der Waals surface area contributed by atoms with E-state index >= 15 is 0 Å². The molecule has 0 bridgehead atoms. The van der Waals surface area contributed by atoms with E-state index in [4.69, 9.17) is 0 Å². The van der Waals surface area contributed by atoms with Gasteiger partial charge in [-0.25, -0.2) is 8.78 Å². The summed E-state index contributed by atoms with van der Waals surface area (Å²) < 4.78 is 28.8. The maximum absolute atomic E-state index is 13.9. The minimum absolute atomic E-state index is 0.0487. The molecule has 0 heterocycles. The number of carbonyl (C=O) groups excluding carboxylic acids is 1. The lowest BCUT2D eigenvalue weighted by molar-refractivity contribution is 0.0829. The Labute approximate surface area is 242 Å². The van der Waals surface area contributed by atoms with Crippen molar-refractivity contribution in [2.75, 3.05) is 13.2 Å². The van der Waals surface area contributed by atoms with Gasteiger partial charge in [0.2, 0.25) is 0 Å². The average molecular weight is 652 g/mol. The highest BCUT2D eigenvalue weighted by Gasteiger charge is 2.23. The second kappa shape index (κ2) is 16.0. The van der Waals surface area contributed by atoms with Crippen molar-refractivity contribution in [1.82, 2.24) is 16.0 Å². The molecule has 0 aliphatic rings. The molecule has 1 unspecified atom stereocenters. The first kappa shape index (κ1) is 31.1. The van der Waals surface area contributed by atoms with Crippen LogP contribution in [0.25, 0.3) is 0 Å². The number of aliphatic hydroxyl groups excluding tert-OH is 2. The lowest BCUT2D eigenvalue weighted by Gasteiger charge is -2.25. The molecule has 39 heavy (non-hydrogen) atoms. The van der Waals surface area contributed by atoms with Crippen molar-refractivity contribution in [1.29, 1.82) is 0 Å². The van der Waals surface area contributed by atoms with Gasteiger partial charge in [0.15, 0.2) is 0 Å². The lowest BCUT2D eigenvalue weighted by Crippen LogP contribution is -2.48. The molecular weight excluding hydrogens is 615 g/mol. The van der Waals surface area contributed by atoms with Crippen LogP contribution in [0.2, 0.25) is 0 Å². The minimum Gasteiger partial charge on any atom is -0.396 e. The van der Waals surface area contributed by atoms with Gasteiger partial charge in [-0.3, -0.25) is 4.79 Å². The molecular formula is C30H36F2IN3O3. The van der Waals surface area contributed by atoms with Crippen molar-refractivity contribution in [2.45, 2.75) is 57.5 Å². The van der Waals surface area contributed by atoms with Crippen LogP contribution in [0, 0.1) is 15.2 Å². The zero-order valence-corrected chi connectivity index (χ0v) is 24.1. The van der Waals surface area contributed by atoms with Crippen molar-refractivity contribution < 1.29 is 23.8 Å². The molecule has 0 fully saturated rings.